The minimum Gasteiger partial charge on any atom is -0.392 e. The molecule has 2 atom stereocenters. The number of hydrogen-bond donors (Lipinski definition) is 2. The molecule has 1 aliphatic carbocycles. The number of nitrogens with zero attached hydrogens (tertiary/aromatic N) is 1. The monoisotopic (exact) mass is 257 g/mol. The van der Waals surface area contributed by atoms with Gasteiger partial charge in [0.05, 0.1) is 24.2 Å². The van der Waals surface area contributed by atoms with Crippen LogP contribution < -0.4 is 11.1 Å². The Morgan fingerprint density at radius 2 is 2.29 bits per heavy atom. The maximum absolute atomic E-state index is 12.1. The van der Waals surface area contributed by atoms with E-state index in [0.717, 1.165) is 12.8 Å². The Kier molecular flexibility index (Phi) is 3.96. The zero-order chi connectivity index (χ0) is 12.4. The van der Waals surface area contributed by atoms with Gasteiger partial charge in [-0.15, -0.1) is 0 Å². The van der Waals surface area contributed by atoms with Crippen LogP contribution in [0, 0.1) is 0 Å². The van der Waals surface area contributed by atoms with E-state index in [-0.39, 0.29) is 18.0 Å². The summed E-state index contributed by atoms with van der Waals surface area (Å²) in [5.74, 6) is 0.0373. The van der Waals surface area contributed by atoms with Crippen LogP contribution in [-0.2, 0) is 9.53 Å². The number of thiocarbonyl (C=S) groups is 1. The largest absolute Gasteiger partial charge is 0.392 e. The smallest absolute Gasteiger partial charge is 0.239 e. The molecule has 0 bridgehead atoms. The number of rotatable bonds is 4. The Hall–Kier alpha value is -0.720. The van der Waals surface area contributed by atoms with E-state index in [1.165, 1.54) is 0 Å². The number of nitrogens with one attached hydrogen (secondary N) is 1. The topological polar surface area (TPSA) is 67.6 Å². The zero-order valence-electron chi connectivity index (χ0n) is 10.0. The molecule has 96 valence electrons. The van der Waals surface area contributed by atoms with Crippen LogP contribution in [-0.4, -0.2) is 53.7 Å². The van der Waals surface area contributed by atoms with Gasteiger partial charge in [0, 0.05) is 12.6 Å². The van der Waals surface area contributed by atoms with Crippen LogP contribution in [0.3, 0.4) is 0 Å². The molecular weight excluding hydrogens is 238 g/mol. The molecule has 0 aromatic rings. The second-order valence-electron chi connectivity index (χ2n) is 4.69. The van der Waals surface area contributed by atoms with E-state index in [1.807, 2.05) is 11.8 Å². The fourth-order valence-electron chi connectivity index (χ4n) is 1.99. The van der Waals surface area contributed by atoms with E-state index in [1.54, 1.807) is 0 Å². The molecule has 0 spiro atoms. The lowest BCUT2D eigenvalue weighted by atomic mass is 10.1. The minimum absolute atomic E-state index is 0.0373. The molecule has 6 heteroatoms. The van der Waals surface area contributed by atoms with Crippen LogP contribution >= 0.6 is 12.2 Å². The Balaban J connectivity index is 1.99. The van der Waals surface area contributed by atoms with E-state index in [4.69, 9.17) is 22.7 Å². The Labute approximate surface area is 107 Å². The van der Waals surface area contributed by atoms with E-state index < -0.39 is 0 Å². The highest BCUT2D eigenvalue weighted by molar-refractivity contribution is 7.80. The lowest BCUT2D eigenvalue weighted by molar-refractivity contribution is -0.133. The highest BCUT2D eigenvalue weighted by Crippen LogP contribution is 2.20. The van der Waals surface area contributed by atoms with Gasteiger partial charge < -0.3 is 15.8 Å². The van der Waals surface area contributed by atoms with E-state index in [2.05, 4.69) is 5.32 Å². The number of ether oxygens (including phenoxy) is 1. The van der Waals surface area contributed by atoms with Crippen LogP contribution in [0.5, 0.6) is 0 Å². The third-order valence-electron chi connectivity index (χ3n) is 3.31. The van der Waals surface area contributed by atoms with Crippen molar-refractivity contribution in [3.05, 3.63) is 0 Å². The normalized spacial score (nSPS) is 27.5. The van der Waals surface area contributed by atoms with Gasteiger partial charge in [-0.25, -0.2) is 0 Å². The Morgan fingerprint density at radius 1 is 1.59 bits per heavy atom. The molecule has 17 heavy (non-hydrogen) atoms. The quantitative estimate of drug-likeness (QED) is 0.673. The summed E-state index contributed by atoms with van der Waals surface area (Å²) in [4.78, 5) is 14.5. The molecule has 2 rings (SSSR count). The average molecular weight is 257 g/mol. The summed E-state index contributed by atoms with van der Waals surface area (Å²) < 4.78 is 5.38. The van der Waals surface area contributed by atoms with Gasteiger partial charge in [0.25, 0.3) is 0 Å². The third kappa shape index (κ3) is 3.14. The summed E-state index contributed by atoms with van der Waals surface area (Å²) >= 11 is 5.00. The number of morpholine rings is 1. The van der Waals surface area contributed by atoms with Crippen molar-refractivity contribution < 1.29 is 9.53 Å². The summed E-state index contributed by atoms with van der Waals surface area (Å²) in [6, 6.07) is 0.0381. The molecule has 2 unspecified atom stereocenters. The molecule has 2 fully saturated rings. The molecule has 3 N–H and O–H groups in total. The first kappa shape index (κ1) is 12.7. The first-order chi connectivity index (χ1) is 8.09. The van der Waals surface area contributed by atoms with Crippen LogP contribution in [0.4, 0.5) is 0 Å². The molecule has 2 aliphatic rings. The van der Waals surface area contributed by atoms with Crippen molar-refractivity contribution in [3.63, 3.8) is 0 Å². The van der Waals surface area contributed by atoms with Gasteiger partial charge in [0.1, 0.15) is 6.04 Å². The number of carbonyl (C=O) groups excluding carboxylic acids is 1. The average Bonchev–Trinajstić information content (AvgIpc) is 3.11. The van der Waals surface area contributed by atoms with Crippen molar-refractivity contribution in [2.45, 2.75) is 37.9 Å². The molecule has 1 saturated carbocycles. The lowest BCUT2D eigenvalue weighted by Gasteiger charge is -2.38. The van der Waals surface area contributed by atoms with Crippen LogP contribution in [0.2, 0.25) is 0 Å². The third-order valence-corrected chi connectivity index (χ3v) is 3.65. The van der Waals surface area contributed by atoms with Crippen LogP contribution in [0.25, 0.3) is 0 Å². The zero-order valence-corrected chi connectivity index (χ0v) is 10.8. The van der Waals surface area contributed by atoms with E-state index in [9.17, 15) is 4.79 Å². The van der Waals surface area contributed by atoms with Crippen molar-refractivity contribution in [3.8, 4) is 0 Å². The summed E-state index contributed by atoms with van der Waals surface area (Å²) in [7, 11) is 0. The number of amides is 1. The predicted octanol–water partition coefficient (Wildman–Crippen LogP) is -0.360. The number of hydrogen-bond acceptors (Lipinski definition) is 4. The molecule has 0 aromatic carbocycles. The molecular formula is C11H19N3O2S. The second-order valence-corrected chi connectivity index (χ2v) is 5.16. The Bertz CT molecular complexity index is 320. The lowest BCUT2D eigenvalue weighted by Crippen LogP contribution is -2.59. The summed E-state index contributed by atoms with van der Waals surface area (Å²) in [5.41, 5.74) is 5.66. The first-order valence-corrected chi connectivity index (χ1v) is 6.43. The maximum Gasteiger partial charge on any atom is 0.239 e. The maximum atomic E-state index is 12.1. The van der Waals surface area contributed by atoms with Gasteiger partial charge >= 0.3 is 0 Å². The van der Waals surface area contributed by atoms with Gasteiger partial charge in [-0.1, -0.05) is 12.2 Å². The first-order valence-electron chi connectivity index (χ1n) is 6.03. The van der Waals surface area contributed by atoms with Crippen molar-refractivity contribution in [2.24, 2.45) is 5.73 Å². The van der Waals surface area contributed by atoms with Gasteiger partial charge in [-0.2, -0.15) is 0 Å². The summed E-state index contributed by atoms with van der Waals surface area (Å²) in [6.07, 6.45) is 2.17. The number of nitrogens with two attached hydrogens (primary N) is 1. The highest BCUT2D eigenvalue weighted by atomic mass is 32.1. The highest BCUT2D eigenvalue weighted by Gasteiger charge is 2.35. The molecule has 0 radical (unpaired) electrons. The van der Waals surface area contributed by atoms with E-state index >= 15 is 0 Å². The molecule has 0 aromatic heterocycles. The molecule has 1 heterocycles. The van der Waals surface area contributed by atoms with Crippen molar-refractivity contribution >= 4 is 23.1 Å². The second kappa shape index (κ2) is 5.29. The van der Waals surface area contributed by atoms with Gasteiger partial charge in [-0.3, -0.25) is 9.69 Å². The summed E-state index contributed by atoms with van der Waals surface area (Å²) in [5, 5.41) is 3.00. The Morgan fingerprint density at radius 3 is 2.88 bits per heavy atom. The molecule has 1 aliphatic heterocycles. The standard InChI is InChI=1S/C11H19N3O2S/c1-7(10(12)17)14-4-5-16-6-9(14)11(15)13-8-2-3-8/h7-9H,2-6H2,1H3,(H2,12,17)(H,13,15). The van der Waals surface area contributed by atoms with Gasteiger partial charge in [0.2, 0.25) is 5.91 Å². The molecule has 1 amide bonds. The van der Waals surface area contributed by atoms with Crippen LogP contribution in [0.1, 0.15) is 19.8 Å². The van der Waals surface area contributed by atoms with Crippen molar-refractivity contribution in [2.75, 3.05) is 19.8 Å². The number of carbonyl (C=O) groups is 1. The fourth-order valence-corrected chi connectivity index (χ4v) is 2.13. The van der Waals surface area contributed by atoms with Gasteiger partial charge in [-0.05, 0) is 19.8 Å². The van der Waals surface area contributed by atoms with Crippen LogP contribution in [0.15, 0.2) is 0 Å². The fraction of sp³-hybridized carbons (Fsp3) is 0.818. The van der Waals surface area contributed by atoms with Crippen molar-refractivity contribution in [1.29, 1.82) is 0 Å². The van der Waals surface area contributed by atoms with E-state index in [0.29, 0.717) is 30.8 Å². The predicted molar refractivity (Wildman–Crippen MR) is 68.7 cm³/mol. The molecule has 5 nitrogen and oxygen atoms in total. The molecule has 1 saturated heterocycles. The van der Waals surface area contributed by atoms with Gasteiger partial charge in [0.15, 0.2) is 0 Å². The minimum atomic E-state index is -0.263. The van der Waals surface area contributed by atoms with Crippen molar-refractivity contribution in [1.82, 2.24) is 10.2 Å². The summed E-state index contributed by atoms with van der Waals surface area (Å²) in [6.45, 7) is 3.68. The SMILES string of the molecule is CC(C(N)=S)N1CCOCC1C(=O)NC1CC1.